The highest BCUT2D eigenvalue weighted by Crippen LogP contribution is 2.36. The van der Waals surface area contributed by atoms with E-state index in [1.165, 1.54) is 12.8 Å². The van der Waals surface area contributed by atoms with Gasteiger partial charge < -0.3 is 15.5 Å². The molecule has 0 radical (unpaired) electrons. The summed E-state index contributed by atoms with van der Waals surface area (Å²) in [5.74, 6) is -2.32. The molecule has 2 aliphatic heterocycles. The minimum atomic E-state index is -5.08. The van der Waals surface area contributed by atoms with E-state index in [9.17, 15) is 23.1 Å². The number of carboxylic acids is 1. The molecule has 0 spiro atoms. The smallest absolute Gasteiger partial charge is 0.475 e. The van der Waals surface area contributed by atoms with Gasteiger partial charge in [-0.2, -0.15) is 24.5 Å². The second-order valence-corrected chi connectivity index (χ2v) is 8.98. The minimum Gasteiger partial charge on any atom is -0.475 e. The summed E-state index contributed by atoms with van der Waals surface area (Å²) in [5.41, 5.74) is 4.07. The molecule has 2 aromatic rings. The van der Waals surface area contributed by atoms with Crippen LogP contribution in [0.5, 0.6) is 0 Å². The van der Waals surface area contributed by atoms with Crippen LogP contribution in [-0.4, -0.2) is 47.1 Å². The number of benzene rings is 1. The van der Waals surface area contributed by atoms with Crippen molar-refractivity contribution in [3.63, 3.8) is 0 Å². The Morgan fingerprint density at radius 1 is 1.16 bits per heavy atom. The third kappa shape index (κ3) is 6.01. The van der Waals surface area contributed by atoms with Crippen molar-refractivity contribution in [2.24, 2.45) is 5.92 Å². The first-order valence-corrected chi connectivity index (χ1v) is 11.2. The Balaban J connectivity index is 0.000000360. The highest BCUT2D eigenvalue weighted by molar-refractivity contribution is 7.08. The molecule has 32 heavy (non-hydrogen) atoms. The fourth-order valence-electron chi connectivity index (χ4n) is 4.40. The molecule has 3 heterocycles. The number of alkyl halides is 3. The lowest BCUT2D eigenvalue weighted by Gasteiger charge is -2.33. The van der Waals surface area contributed by atoms with Crippen LogP contribution in [0.2, 0.25) is 0 Å². The normalized spacial score (nSPS) is 22.1. The summed E-state index contributed by atoms with van der Waals surface area (Å²) in [6, 6.07) is 9.29. The van der Waals surface area contributed by atoms with Crippen LogP contribution in [0.15, 0.2) is 35.0 Å². The van der Waals surface area contributed by atoms with Gasteiger partial charge in [0.05, 0.1) is 5.69 Å². The Labute approximate surface area is 187 Å². The van der Waals surface area contributed by atoms with Crippen LogP contribution in [0.1, 0.15) is 31.2 Å². The molecular weight excluding hydrogens is 445 g/mol. The molecule has 3 atom stereocenters. The van der Waals surface area contributed by atoms with Crippen molar-refractivity contribution >= 4 is 29.1 Å². The van der Waals surface area contributed by atoms with Gasteiger partial charge in [-0.25, -0.2) is 9.59 Å². The molecule has 1 aromatic carbocycles. The molecular formula is C22H25F3N2O4S. The van der Waals surface area contributed by atoms with Gasteiger partial charge in [-0.3, -0.25) is 4.90 Å². The fraction of sp³-hybridized carbons (Fsp3) is 0.455. The van der Waals surface area contributed by atoms with Gasteiger partial charge in [-0.05, 0) is 73.0 Å². The molecule has 2 fully saturated rings. The number of amides is 1. The standard InChI is InChI=1S/C20H24N2O2S.C2HF3O2/c1-13-2-5-19(18(8-13)15-6-7-25-12-15)22(20(23)24)11-14-9-16-3-4-17(10-14)21-16;3-2(4,5)1(6)7/h2,5-8,12,14,16-17,21H,3-4,9-11H2,1H3,(H,23,24);(H,6,7)/t14?,16-,17+;. The van der Waals surface area contributed by atoms with Gasteiger partial charge >= 0.3 is 18.2 Å². The topological polar surface area (TPSA) is 89.9 Å². The Bertz CT molecular complexity index is 937. The van der Waals surface area contributed by atoms with Crippen molar-refractivity contribution in [3.05, 3.63) is 40.6 Å². The van der Waals surface area contributed by atoms with Crippen molar-refractivity contribution in [1.29, 1.82) is 0 Å². The predicted octanol–water partition coefficient (Wildman–Crippen LogP) is 5.37. The third-order valence-corrected chi connectivity index (χ3v) is 6.44. The largest absolute Gasteiger partial charge is 0.490 e. The molecule has 1 amide bonds. The number of rotatable bonds is 4. The zero-order chi connectivity index (χ0) is 23.5. The number of nitrogens with zero attached hydrogens (tertiary/aromatic N) is 1. The van der Waals surface area contributed by atoms with Crippen LogP contribution in [0, 0.1) is 12.8 Å². The van der Waals surface area contributed by atoms with Crippen molar-refractivity contribution in [2.75, 3.05) is 11.4 Å². The lowest BCUT2D eigenvalue weighted by Crippen LogP contribution is -2.43. The summed E-state index contributed by atoms with van der Waals surface area (Å²) in [7, 11) is 0. The number of hydrogen-bond donors (Lipinski definition) is 3. The molecule has 6 nitrogen and oxygen atoms in total. The number of aryl methyl sites for hydroxylation is 1. The second kappa shape index (κ2) is 9.91. The zero-order valence-electron chi connectivity index (χ0n) is 17.4. The Morgan fingerprint density at radius 3 is 2.28 bits per heavy atom. The van der Waals surface area contributed by atoms with Crippen LogP contribution in [0.4, 0.5) is 23.7 Å². The number of piperidine rings is 1. The minimum absolute atomic E-state index is 0.437. The van der Waals surface area contributed by atoms with Gasteiger partial charge in [0, 0.05) is 24.2 Å². The molecule has 4 rings (SSSR count). The number of hydrogen-bond acceptors (Lipinski definition) is 4. The van der Waals surface area contributed by atoms with Crippen LogP contribution >= 0.6 is 11.3 Å². The number of aliphatic carboxylic acids is 1. The Kier molecular flexibility index (Phi) is 7.45. The SMILES string of the molecule is Cc1ccc(N(CC2C[C@H]3CC[C@@H](C2)N3)C(=O)O)c(-c2ccsc2)c1.O=C(O)C(F)(F)F. The second-order valence-electron chi connectivity index (χ2n) is 8.20. The molecule has 10 heteroatoms. The van der Waals surface area contributed by atoms with Crippen molar-refractivity contribution in [1.82, 2.24) is 5.32 Å². The molecule has 1 unspecified atom stereocenters. The van der Waals surface area contributed by atoms with Gasteiger partial charge in [0.25, 0.3) is 0 Å². The number of thiophene rings is 1. The van der Waals surface area contributed by atoms with E-state index in [0.29, 0.717) is 24.5 Å². The summed E-state index contributed by atoms with van der Waals surface area (Å²) >= 11 is 1.64. The van der Waals surface area contributed by atoms with Crippen molar-refractivity contribution in [2.45, 2.75) is 50.9 Å². The molecule has 2 aliphatic rings. The summed E-state index contributed by atoms with van der Waals surface area (Å²) < 4.78 is 31.7. The number of nitrogens with one attached hydrogen (secondary N) is 1. The van der Waals surface area contributed by atoms with E-state index in [2.05, 4.69) is 29.8 Å². The molecule has 2 bridgehead atoms. The van der Waals surface area contributed by atoms with E-state index in [-0.39, 0.29) is 0 Å². The first-order chi connectivity index (χ1) is 15.0. The van der Waals surface area contributed by atoms with Gasteiger partial charge in [-0.15, -0.1) is 0 Å². The number of carboxylic acid groups (broad SMARTS) is 2. The van der Waals surface area contributed by atoms with E-state index in [0.717, 1.165) is 35.2 Å². The van der Waals surface area contributed by atoms with Crippen LogP contribution in [0.25, 0.3) is 11.1 Å². The van der Waals surface area contributed by atoms with E-state index >= 15 is 0 Å². The highest BCUT2D eigenvalue weighted by Gasteiger charge is 2.38. The monoisotopic (exact) mass is 470 g/mol. The molecule has 0 aliphatic carbocycles. The van der Waals surface area contributed by atoms with Gasteiger partial charge in [0.1, 0.15) is 0 Å². The highest BCUT2D eigenvalue weighted by atomic mass is 32.1. The molecule has 3 N–H and O–H groups in total. The molecule has 2 saturated heterocycles. The van der Waals surface area contributed by atoms with E-state index in [4.69, 9.17) is 9.90 Å². The summed E-state index contributed by atoms with van der Waals surface area (Å²) in [6.07, 6.45) is -1.30. The zero-order valence-corrected chi connectivity index (χ0v) is 18.2. The maximum Gasteiger partial charge on any atom is 0.490 e. The molecule has 1 aromatic heterocycles. The Hall–Kier alpha value is -2.59. The lowest BCUT2D eigenvalue weighted by atomic mass is 9.91. The average molecular weight is 471 g/mol. The molecule has 0 saturated carbocycles. The van der Waals surface area contributed by atoms with Gasteiger partial charge in [0.15, 0.2) is 0 Å². The van der Waals surface area contributed by atoms with Gasteiger partial charge in [0.2, 0.25) is 0 Å². The third-order valence-electron chi connectivity index (χ3n) is 5.76. The fourth-order valence-corrected chi connectivity index (χ4v) is 5.05. The van der Waals surface area contributed by atoms with Gasteiger partial charge in [-0.1, -0.05) is 11.6 Å². The average Bonchev–Trinajstić information content (AvgIpc) is 3.36. The number of halogens is 3. The maximum absolute atomic E-state index is 12.1. The summed E-state index contributed by atoms with van der Waals surface area (Å²) in [4.78, 5) is 22.5. The van der Waals surface area contributed by atoms with E-state index in [1.54, 1.807) is 16.2 Å². The van der Waals surface area contributed by atoms with E-state index in [1.807, 2.05) is 17.5 Å². The van der Waals surface area contributed by atoms with Crippen LogP contribution in [0.3, 0.4) is 0 Å². The predicted molar refractivity (Wildman–Crippen MR) is 116 cm³/mol. The van der Waals surface area contributed by atoms with E-state index < -0.39 is 18.2 Å². The van der Waals surface area contributed by atoms with Crippen LogP contribution < -0.4 is 10.2 Å². The molecule has 174 valence electrons. The number of fused-ring (bicyclic) bond motifs is 2. The first kappa shape index (κ1) is 24.1. The Morgan fingerprint density at radius 2 is 1.78 bits per heavy atom. The lowest BCUT2D eigenvalue weighted by molar-refractivity contribution is -0.192. The quantitative estimate of drug-likeness (QED) is 0.559. The first-order valence-electron chi connectivity index (χ1n) is 10.2. The summed E-state index contributed by atoms with van der Waals surface area (Å²) in [5, 5.41) is 24.8. The maximum atomic E-state index is 12.1. The number of carbonyl (C=O) groups is 2. The summed E-state index contributed by atoms with van der Waals surface area (Å²) in [6.45, 7) is 2.64. The number of anilines is 1. The van der Waals surface area contributed by atoms with Crippen molar-refractivity contribution in [3.8, 4) is 11.1 Å². The van der Waals surface area contributed by atoms with Crippen molar-refractivity contribution < 1.29 is 33.0 Å². The van der Waals surface area contributed by atoms with Crippen LogP contribution in [-0.2, 0) is 4.79 Å².